The molecule has 0 aromatic rings. The molecule has 0 radical (unpaired) electrons. The number of hydrogen-bond donors (Lipinski definition) is 3. The highest BCUT2D eigenvalue weighted by molar-refractivity contribution is 6.24. The fourth-order valence-corrected chi connectivity index (χ4v) is 5.44. The van der Waals surface area contributed by atoms with Crippen molar-refractivity contribution in [2.24, 2.45) is 0 Å². The Bertz CT molecular complexity index is 1280. The number of ketones is 1. The van der Waals surface area contributed by atoms with E-state index in [-0.39, 0.29) is 135 Å². The van der Waals surface area contributed by atoms with Gasteiger partial charge in [0.2, 0.25) is 0 Å². The van der Waals surface area contributed by atoms with Crippen molar-refractivity contribution < 1.29 is 96.0 Å². The van der Waals surface area contributed by atoms with Gasteiger partial charge in [0, 0.05) is 42.6 Å². The molecule has 3 N–H and O–H groups in total. The largest absolute Gasteiger partial charge is 0.466 e. The van der Waals surface area contributed by atoms with Crippen molar-refractivity contribution in [3.05, 3.63) is 0 Å². The van der Waals surface area contributed by atoms with E-state index < -0.39 is 23.3 Å². The van der Waals surface area contributed by atoms with E-state index in [0.29, 0.717) is 64.8 Å². The smallest absolute Gasteiger partial charge is 0.306 e. The van der Waals surface area contributed by atoms with Gasteiger partial charge in [0.15, 0.2) is 17.4 Å². The Labute approximate surface area is 377 Å². The second-order valence-electron chi connectivity index (χ2n) is 15.0. The van der Waals surface area contributed by atoms with Crippen LogP contribution in [-0.2, 0) is 80.7 Å². The standard InChI is InChI=1S/C20H34O10.C17H28O8.2C2H7BO/c1-19(27-13-15(11-21)29-19)7-5-17(23)25-9-3-4-10-26-18(24)6-8-20(2)28-14-16(12-22)30-20;1-13(19)5-6-15(20)22-9-3-4-10-23-16(21)7-8-17(2)24-12-14(11-18)25-17;2*1-3-4-2/h15-16,21-22H,3-14H2,1-2H3;14,18H,3-12H2,1-2H3;2*3H,1-2H3/i;;2*3D. The van der Waals surface area contributed by atoms with Crippen molar-refractivity contribution in [1.29, 1.82) is 2.67 Å². The van der Waals surface area contributed by atoms with Crippen LogP contribution in [0.15, 0.2) is 0 Å². The third kappa shape index (κ3) is 30.9. The third-order valence-electron chi connectivity index (χ3n) is 9.21. The molecule has 0 spiro atoms. The van der Waals surface area contributed by atoms with Crippen LogP contribution in [0.4, 0.5) is 0 Å². The predicted molar refractivity (Wildman–Crippen MR) is 229 cm³/mol. The number of ether oxygens (including phenoxy) is 10. The van der Waals surface area contributed by atoms with Crippen LogP contribution in [0.25, 0.3) is 0 Å². The van der Waals surface area contributed by atoms with Gasteiger partial charge in [-0.3, -0.25) is 19.2 Å². The van der Waals surface area contributed by atoms with Crippen molar-refractivity contribution in [3.63, 3.8) is 0 Å². The van der Waals surface area contributed by atoms with Crippen LogP contribution in [0, 0.1) is 0 Å². The van der Waals surface area contributed by atoms with Crippen molar-refractivity contribution >= 4 is 44.6 Å². The van der Waals surface area contributed by atoms with Gasteiger partial charge in [0.05, 0.1) is 91.8 Å². The third-order valence-corrected chi connectivity index (χ3v) is 9.21. The molecule has 0 aromatic carbocycles. The summed E-state index contributed by atoms with van der Waals surface area (Å²) in [5.41, 5.74) is 0. The molecule has 3 rings (SSSR count). The summed E-state index contributed by atoms with van der Waals surface area (Å²) >= 11 is 0. The molecule has 0 saturated carbocycles. The first kappa shape index (κ1) is 56.4. The molecule has 0 amide bonds. The van der Waals surface area contributed by atoms with Gasteiger partial charge < -0.3 is 76.8 Å². The zero-order valence-corrected chi connectivity index (χ0v) is 38.7. The van der Waals surface area contributed by atoms with E-state index in [1.54, 1.807) is 34.4 Å². The molecule has 3 fully saturated rings. The van der Waals surface area contributed by atoms with Crippen molar-refractivity contribution in [1.82, 2.24) is 0 Å². The Balaban J connectivity index is 0.00000105. The Morgan fingerprint density at radius 1 is 0.540 bits per heavy atom. The number of aliphatic hydroxyl groups excluding tert-OH is 3. The molecule has 63 heavy (non-hydrogen) atoms. The Hall–Kier alpha value is -2.76. The Kier molecular flexibility index (Phi) is 31.8. The van der Waals surface area contributed by atoms with Crippen LogP contribution in [0.3, 0.4) is 0 Å². The maximum atomic E-state index is 11.8. The lowest BCUT2D eigenvalue weighted by molar-refractivity contribution is -0.170. The first-order chi connectivity index (χ1) is 30.7. The number of esters is 4. The summed E-state index contributed by atoms with van der Waals surface area (Å²) in [7, 11) is 2.29. The maximum absolute atomic E-state index is 11.8. The molecule has 366 valence electrons. The lowest BCUT2D eigenvalue weighted by Gasteiger charge is -2.22. The number of carbonyl (C=O) groups is 5. The predicted octanol–water partition coefficient (Wildman–Crippen LogP) is 1.85. The molecule has 0 aromatic heterocycles. The quantitative estimate of drug-likeness (QED) is 0.0460. The van der Waals surface area contributed by atoms with Gasteiger partial charge in [0.25, 0.3) is 14.9 Å². The van der Waals surface area contributed by atoms with Gasteiger partial charge in [0.1, 0.15) is 24.1 Å². The summed E-state index contributed by atoms with van der Waals surface area (Å²) in [6, 6.07) is 0. The first-order valence-electron chi connectivity index (χ1n) is 22.6. The molecule has 3 aliphatic heterocycles. The normalized spacial score (nSPS) is 25.0. The van der Waals surface area contributed by atoms with Crippen molar-refractivity contribution in [2.45, 2.75) is 154 Å². The molecule has 20 nitrogen and oxygen atoms in total. The van der Waals surface area contributed by atoms with Crippen LogP contribution in [-0.4, -0.2) is 179 Å². The highest BCUT2D eigenvalue weighted by atomic mass is 16.8. The highest BCUT2D eigenvalue weighted by Gasteiger charge is 2.39. The minimum Gasteiger partial charge on any atom is -0.466 e. The number of hydrogen-bond acceptors (Lipinski definition) is 20. The van der Waals surface area contributed by atoms with Gasteiger partial charge in [-0.2, -0.15) is 0 Å². The van der Waals surface area contributed by atoms with Crippen LogP contribution < -0.4 is 0 Å². The van der Waals surface area contributed by atoms with Crippen LogP contribution in [0.5, 0.6) is 0 Å². The van der Waals surface area contributed by atoms with E-state index >= 15 is 0 Å². The second-order valence-corrected chi connectivity index (χ2v) is 15.0. The fourth-order valence-electron chi connectivity index (χ4n) is 5.44. The molecule has 3 saturated heterocycles. The number of rotatable bonds is 27. The van der Waals surface area contributed by atoms with E-state index in [1.165, 1.54) is 21.1 Å². The summed E-state index contributed by atoms with van der Waals surface area (Å²) < 4.78 is 75.4. The minimum atomic E-state index is -0.870. The monoisotopic (exact) mass is 913 g/mol. The first-order valence-corrected chi connectivity index (χ1v) is 21.5. The summed E-state index contributed by atoms with van der Waals surface area (Å²) in [6.45, 7) is 11.5. The van der Waals surface area contributed by atoms with Crippen LogP contribution in [0.2, 0.25) is 13.6 Å². The SMILES string of the molecule is CC(=O)CCC(=O)OCCCCOC(=O)CCC1(C)OCC(CO)O1.CC1(CCC(=O)OCCCCOC(=O)CCC2(C)OCC(CO)O2)OCC(CO)O1.[2H]B(C)OC.[2H]B(C)OC. The number of carbonyl (C=O) groups excluding carboxylic acids is 5. The van der Waals surface area contributed by atoms with E-state index in [9.17, 15) is 24.0 Å². The Morgan fingerprint density at radius 3 is 1.00 bits per heavy atom. The lowest BCUT2D eigenvalue weighted by Crippen LogP contribution is -2.28. The maximum Gasteiger partial charge on any atom is 0.306 e. The molecular formula is C41H76B2O20. The van der Waals surface area contributed by atoms with E-state index in [2.05, 4.69) is 9.31 Å². The Morgan fingerprint density at radius 2 is 0.794 bits per heavy atom. The lowest BCUT2D eigenvalue weighted by atomic mass is 10.1. The summed E-state index contributed by atoms with van der Waals surface area (Å²) in [6.07, 6.45) is 3.11. The average molecular weight is 913 g/mol. The van der Waals surface area contributed by atoms with Crippen molar-refractivity contribution in [2.75, 3.05) is 80.3 Å². The zero-order chi connectivity index (χ0) is 49.3. The van der Waals surface area contributed by atoms with Crippen LogP contribution in [0.1, 0.15) is 105 Å². The molecule has 0 aliphatic carbocycles. The zero-order valence-electron chi connectivity index (χ0n) is 40.7. The molecule has 6 atom stereocenters. The van der Waals surface area contributed by atoms with Gasteiger partial charge in [-0.05, 0) is 53.4 Å². The number of aliphatic hydroxyl groups is 3. The average Bonchev–Trinajstić information content (AvgIpc) is 3.99. The second kappa shape index (κ2) is 35.5. The molecule has 3 heterocycles. The van der Waals surface area contributed by atoms with Gasteiger partial charge in [-0.1, -0.05) is 13.6 Å². The number of Topliss-reactive ketones (excluding diaryl/α,β-unsaturated/α-hetero) is 1. The minimum absolute atomic E-state index is 0.0435. The molecular weight excluding hydrogens is 834 g/mol. The molecule has 22 heteroatoms. The van der Waals surface area contributed by atoms with E-state index in [0.717, 1.165) is 0 Å². The fraction of sp³-hybridized carbons (Fsp3) is 0.878. The molecule has 0 bridgehead atoms. The van der Waals surface area contributed by atoms with Crippen LogP contribution >= 0.6 is 0 Å². The van der Waals surface area contributed by atoms with E-state index in [4.69, 9.17) is 65.4 Å². The van der Waals surface area contributed by atoms with Gasteiger partial charge >= 0.3 is 23.9 Å². The summed E-state index contributed by atoms with van der Waals surface area (Å²) in [5, 5.41) is 27.1. The van der Waals surface area contributed by atoms with Gasteiger partial charge in [-0.25, -0.2) is 0 Å². The van der Waals surface area contributed by atoms with Gasteiger partial charge in [-0.15, -0.1) is 0 Å². The highest BCUT2D eigenvalue weighted by Crippen LogP contribution is 2.30. The molecule has 6 unspecified atom stereocenters. The summed E-state index contributed by atoms with van der Waals surface area (Å²) in [4.78, 5) is 57.3. The topological polar surface area (TPSA) is 257 Å². The van der Waals surface area contributed by atoms with E-state index in [1.807, 2.05) is 0 Å². The summed E-state index contributed by atoms with van der Waals surface area (Å²) in [5.74, 6) is -4.08. The number of unbranched alkanes of at least 4 members (excludes halogenated alkanes) is 2. The van der Waals surface area contributed by atoms with Crippen molar-refractivity contribution in [3.8, 4) is 0 Å². The molecule has 3 aliphatic rings.